The van der Waals surface area contributed by atoms with Gasteiger partial charge in [-0.15, -0.1) is 0 Å². The molecule has 1 aromatic rings. The van der Waals surface area contributed by atoms with E-state index in [0.29, 0.717) is 5.92 Å². The molecule has 0 fully saturated rings. The lowest BCUT2D eigenvalue weighted by molar-refractivity contribution is 0.390. The molecule has 1 aromatic heterocycles. The van der Waals surface area contributed by atoms with E-state index in [9.17, 15) is 0 Å². The molecule has 0 saturated heterocycles. The summed E-state index contributed by atoms with van der Waals surface area (Å²) in [5.41, 5.74) is 5.93. The van der Waals surface area contributed by atoms with E-state index in [1.54, 1.807) is 0 Å². The van der Waals surface area contributed by atoms with E-state index in [1.165, 1.54) is 0 Å². The Hall–Kier alpha value is -0.760. The lowest BCUT2D eigenvalue weighted by Gasteiger charge is -2.16. The van der Waals surface area contributed by atoms with Gasteiger partial charge in [0.1, 0.15) is 11.5 Å². The summed E-state index contributed by atoms with van der Waals surface area (Å²) in [6.07, 6.45) is 1.98. The first-order valence-corrected chi connectivity index (χ1v) is 4.94. The summed E-state index contributed by atoms with van der Waals surface area (Å²) in [4.78, 5) is 0. The minimum absolute atomic E-state index is 0.283. The Morgan fingerprint density at radius 2 is 2.15 bits per heavy atom. The third kappa shape index (κ3) is 2.88. The van der Waals surface area contributed by atoms with Gasteiger partial charge >= 0.3 is 0 Å². The number of aryl methyl sites for hydroxylation is 1. The molecule has 2 atom stereocenters. The SMILES string of the molecule is CCC(N)C(C)Cc1ccc(C)o1. The molecule has 0 spiro atoms. The topological polar surface area (TPSA) is 39.2 Å². The van der Waals surface area contributed by atoms with Gasteiger partial charge in [0.2, 0.25) is 0 Å². The van der Waals surface area contributed by atoms with Crippen LogP contribution in [0.5, 0.6) is 0 Å². The van der Waals surface area contributed by atoms with E-state index in [4.69, 9.17) is 10.2 Å². The van der Waals surface area contributed by atoms with Gasteiger partial charge in [0.25, 0.3) is 0 Å². The minimum atomic E-state index is 0.283. The molecule has 2 nitrogen and oxygen atoms in total. The van der Waals surface area contributed by atoms with Gasteiger partial charge in [0, 0.05) is 12.5 Å². The average Bonchev–Trinajstić information content (AvgIpc) is 2.49. The summed E-state index contributed by atoms with van der Waals surface area (Å²) in [6, 6.07) is 4.32. The van der Waals surface area contributed by atoms with Crippen molar-refractivity contribution < 1.29 is 4.42 Å². The van der Waals surface area contributed by atoms with Crippen molar-refractivity contribution in [1.29, 1.82) is 0 Å². The first kappa shape index (κ1) is 10.3. The zero-order valence-corrected chi connectivity index (χ0v) is 8.71. The molecule has 1 heterocycles. The van der Waals surface area contributed by atoms with Crippen molar-refractivity contribution in [3.63, 3.8) is 0 Å². The Morgan fingerprint density at radius 3 is 2.62 bits per heavy atom. The molecular formula is C11H19NO. The van der Waals surface area contributed by atoms with Crippen molar-refractivity contribution in [2.45, 2.75) is 39.7 Å². The monoisotopic (exact) mass is 181 g/mol. The van der Waals surface area contributed by atoms with Crippen LogP contribution in [-0.2, 0) is 6.42 Å². The molecule has 2 N–H and O–H groups in total. The molecule has 0 radical (unpaired) electrons. The van der Waals surface area contributed by atoms with E-state index in [1.807, 2.05) is 19.1 Å². The quantitative estimate of drug-likeness (QED) is 0.775. The zero-order chi connectivity index (χ0) is 9.84. The average molecular weight is 181 g/mol. The smallest absolute Gasteiger partial charge is 0.104 e. The molecule has 2 heteroatoms. The highest BCUT2D eigenvalue weighted by Gasteiger charge is 2.12. The second-order valence-electron chi connectivity index (χ2n) is 3.77. The zero-order valence-electron chi connectivity index (χ0n) is 8.71. The molecular weight excluding hydrogens is 162 g/mol. The molecule has 1 rings (SSSR count). The van der Waals surface area contributed by atoms with E-state index >= 15 is 0 Å². The highest BCUT2D eigenvalue weighted by Crippen LogP contribution is 2.15. The molecule has 0 aromatic carbocycles. The molecule has 0 amide bonds. The number of hydrogen-bond acceptors (Lipinski definition) is 2. The van der Waals surface area contributed by atoms with Crippen LogP contribution in [0, 0.1) is 12.8 Å². The maximum Gasteiger partial charge on any atom is 0.104 e. The number of nitrogens with two attached hydrogens (primary N) is 1. The lowest BCUT2D eigenvalue weighted by atomic mass is 9.96. The van der Waals surface area contributed by atoms with Crippen molar-refractivity contribution in [2.24, 2.45) is 11.7 Å². The maximum absolute atomic E-state index is 5.93. The van der Waals surface area contributed by atoms with Crippen LogP contribution in [0.2, 0.25) is 0 Å². The van der Waals surface area contributed by atoms with E-state index in [-0.39, 0.29) is 6.04 Å². The molecule has 0 saturated carbocycles. The Balaban J connectivity index is 2.49. The standard InChI is InChI=1S/C11H19NO/c1-4-11(12)8(2)7-10-6-5-9(3)13-10/h5-6,8,11H,4,7,12H2,1-3H3. The molecule has 0 aliphatic carbocycles. The summed E-state index contributed by atoms with van der Waals surface area (Å²) in [5, 5.41) is 0. The van der Waals surface area contributed by atoms with Gasteiger partial charge in [-0.2, -0.15) is 0 Å². The lowest BCUT2D eigenvalue weighted by Crippen LogP contribution is -2.28. The summed E-state index contributed by atoms with van der Waals surface area (Å²) >= 11 is 0. The van der Waals surface area contributed by atoms with Gasteiger partial charge in [0.05, 0.1) is 0 Å². The third-order valence-corrected chi connectivity index (χ3v) is 2.52. The third-order valence-electron chi connectivity index (χ3n) is 2.52. The van der Waals surface area contributed by atoms with Crippen molar-refractivity contribution in [2.75, 3.05) is 0 Å². The fourth-order valence-electron chi connectivity index (χ4n) is 1.47. The Morgan fingerprint density at radius 1 is 1.46 bits per heavy atom. The van der Waals surface area contributed by atoms with Crippen molar-refractivity contribution >= 4 is 0 Å². The van der Waals surface area contributed by atoms with Crippen LogP contribution in [0.15, 0.2) is 16.5 Å². The highest BCUT2D eigenvalue weighted by molar-refractivity contribution is 5.06. The van der Waals surface area contributed by atoms with Gasteiger partial charge in [-0.1, -0.05) is 13.8 Å². The van der Waals surface area contributed by atoms with Crippen LogP contribution < -0.4 is 5.73 Å². The van der Waals surface area contributed by atoms with Gasteiger partial charge in [-0.05, 0) is 31.4 Å². The number of rotatable bonds is 4. The van der Waals surface area contributed by atoms with E-state index in [0.717, 1.165) is 24.4 Å². The molecule has 0 bridgehead atoms. The number of furan rings is 1. The summed E-state index contributed by atoms with van der Waals surface area (Å²) in [5.74, 6) is 2.52. The van der Waals surface area contributed by atoms with Crippen LogP contribution in [0.3, 0.4) is 0 Å². The normalized spacial score (nSPS) is 15.7. The molecule has 2 unspecified atom stereocenters. The fourth-order valence-corrected chi connectivity index (χ4v) is 1.47. The number of hydrogen-bond donors (Lipinski definition) is 1. The van der Waals surface area contributed by atoms with Gasteiger partial charge in [-0.25, -0.2) is 0 Å². The summed E-state index contributed by atoms with van der Waals surface area (Å²) < 4.78 is 5.49. The fraction of sp³-hybridized carbons (Fsp3) is 0.636. The second-order valence-corrected chi connectivity index (χ2v) is 3.77. The summed E-state index contributed by atoms with van der Waals surface area (Å²) in [6.45, 7) is 6.26. The van der Waals surface area contributed by atoms with E-state index in [2.05, 4.69) is 13.8 Å². The predicted octanol–water partition coefficient (Wildman–Crippen LogP) is 2.50. The van der Waals surface area contributed by atoms with Crippen LogP contribution in [-0.4, -0.2) is 6.04 Å². The van der Waals surface area contributed by atoms with Crippen LogP contribution in [0.4, 0.5) is 0 Å². The van der Waals surface area contributed by atoms with Crippen molar-refractivity contribution in [3.8, 4) is 0 Å². The first-order valence-electron chi connectivity index (χ1n) is 4.94. The predicted molar refractivity (Wildman–Crippen MR) is 54.6 cm³/mol. The van der Waals surface area contributed by atoms with Crippen molar-refractivity contribution in [1.82, 2.24) is 0 Å². The Labute approximate surface area is 80.1 Å². The largest absolute Gasteiger partial charge is 0.466 e. The maximum atomic E-state index is 5.93. The second kappa shape index (κ2) is 4.47. The van der Waals surface area contributed by atoms with Gasteiger partial charge in [-0.3, -0.25) is 0 Å². The molecule has 0 aliphatic heterocycles. The molecule has 13 heavy (non-hydrogen) atoms. The van der Waals surface area contributed by atoms with Crippen LogP contribution >= 0.6 is 0 Å². The Bertz CT molecular complexity index is 254. The van der Waals surface area contributed by atoms with Crippen LogP contribution in [0.1, 0.15) is 31.8 Å². The minimum Gasteiger partial charge on any atom is -0.466 e. The van der Waals surface area contributed by atoms with Crippen molar-refractivity contribution in [3.05, 3.63) is 23.7 Å². The highest BCUT2D eigenvalue weighted by atomic mass is 16.3. The molecule has 74 valence electrons. The summed E-state index contributed by atoms with van der Waals surface area (Å²) in [7, 11) is 0. The van der Waals surface area contributed by atoms with E-state index < -0.39 is 0 Å². The Kier molecular flexibility index (Phi) is 3.55. The molecule has 0 aliphatic rings. The first-order chi connectivity index (χ1) is 6.13. The van der Waals surface area contributed by atoms with Gasteiger partial charge in [0.15, 0.2) is 0 Å². The van der Waals surface area contributed by atoms with Crippen LogP contribution in [0.25, 0.3) is 0 Å². The van der Waals surface area contributed by atoms with Gasteiger partial charge < -0.3 is 10.2 Å².